The van der Waals surface area contributed by atoms with Crippen LogP contribution in [0.3, 0.4) is 0 Å². The van der Waals surface area contributed by atoms with E-state index in [0.29, 0.717) is 19.0 Å². The number of likely N-dealkylation sites (tertiary alicyclic amines) is 1. The summed E-state index contributed by atoms with van der Waals surface area (Å²) in [7, 11) is 0. The first-order chi connectivity index (χ1) is 14.8. The Balaban J connectivity index is 1.31. The van der Waals surface area contributed by atoms with Gasteiger partial charge in [-0.05, 0) is 62.1 Å². The van der Waals surface area contributed by atoms with Gasteiger partial charge in [0.25, 0.3) is 0 Å². The Hall–Kier alpha value is -2.80. The molecule has 1 amide bonds. The van der Waals surface area contributed by atoms with Gasteiger partial charge in [-0.3, -0.25) is 14.7 Å². The smallest absolute Gasteiger partial charge is 0.223 e. The second kappa shape index (κ2) is 8.52. The lowest BCUT2D eigenvalue weighted by molar-refractivity contribution is -0.122. The van der Waals surface area contributed by atoms with Crippen molar-refractivity contribution in [2.24, 2.45) is 5.92 Å². The standard InChI is InChI=1S/C23H28N6O/c30-23(18-5-6-18)26-12-14-29-22-20(4-1-9-25-22)21(27-29)19-3-2-13-28(16-19)15-17-7-10-24-11-8-17/h1,4,7-11,18-19H,2-3,5-6,12-16H2,(H,26,30)/t19-/m1/s1. The number of aromatic nitrogens is 4. The Labute approximate surface area is 176 Å². The van der Waals surface area contributed by atoms with Gasteiger partial charge in [-0.15, -0.1) is 0 Å². The van der Waals surface area contributed by atoms with Gasteiger partial charge in [0, 0.05) is 55.4 Å². The van der Waals surface area contributed by atoms with Gasteiger partial charge in [-0.2, -0.15) is 5.10 Å². The molecule has 3 aromatic rings. The number of fused-ring (bicyclic) bond motifs is 1. The third-order valence-corrected chi connectivity index (χ3v) is 6.15. The summed E-state index contributed by atoms with van der Waals surface area (Å²) in [4.78, 5) is 23.2. The Morgan fingerprint density at radius 1 is 1.13 bits per heavy atom. The Kier molecular flexibility index (Phi) is 5.45. The molecule has 5 rings (SSSR count). The van der Waals surface area contributed by atoms with E-state index in [9.17, 15) is 4.79 Å². The van der Waals surface area contributed by atoms with Crippen molar-refractivity contribution >= 4 is 16.9 Å². The molecule has 30 heavy (non-hydrogen) atoms. The zero-order chi connectivity index (χ0) is 20.3. The number of hydrogen-bond acceptors (Lipinski definition) is 5. The minimum absolute atomic E-state index is 0.179. The molecule has 0 unspecified atom stereocenters. The van der Waals surface area contributed by atoms with Crippen molar-refractivity contribution in [1.82, 2.24) is 30.0 Å². The van der Waals surface area contributed by atoms with Gasteiger partial charge in [0.1, 0.15) is 0 Å². The van der Waals surface area contributed by atoms with Crippen molar-refractivity contribution in [1.29, 1.82) is 0 Å². The molecule has 4 heterocycles. The zero-order valence-corrected chi connectivity index (χ0v) is 17.2. The highest BCUT2D eigenvalue weighted by Crippen LogP contribution is 2.31. The second-order valence-corrected chi connectivity index (χ2v) is 8.48. The van der Waals surface area contributed by atoms with Crippen molar-refractivity contribution in [3.63, 3.8) is 0 Å². The summed E-state index contributed by atoms with van der Waals surface area (Å²) in [6.45, 7) is 4.31. The quantitative estimate of drug-likeness (QED) is 0.655. The molecule has 1 saturated heterocycles. The summed E-state index contributed by atoms with van der Waals surface area (Å²) in [5.74, 6) is 0.815. The number of nitrogens with zero attached hydrogens (tertiary/aromatic N) is 5. The van der Waals surface area contributed by atoms with E-state index in [1.807, 2.05) is 29.3 Å². The van der Waals surface area contributed by atoms with E-state index in [1.165, 1.54) is 12.0 Å². The van der Waals surface area contributed by atoms with Gasteiger partial charge >= 0.3 is 0 Å². The molecular weight excluding hydrogens is 376 g/mol. The van der Waals surface area contributed by atoms with Crippen LogP contribution >= 0.6 is 0 Å². The van der Waals surface area contributed by atoms with Crippen molar-refractivity contribution in [3.8, 4) is 0 Å². The molecule has 1 aliphatic carbocycles. The predicted molar refractivity (Wildman–Crippen MR) is 115 cm³/mol. The van der Waals surface area contributed by atoms with E-state index < -0.39 is 0 Å². The van der Waals surface area contributed by atoms with Crippen LogP contribution in [0.2, 0.25) is 0 Å². The predicted octanol–water partition coefficient (Wildman–Crippen LogP) is 2.73. The summed E-state index contributed by atoms with van der Waals surface area (Å²) >= 11 is 0. The van der Waals surface area contributed by atoms with Crippen molar-refractivity contribution in [2.45, 2.75) is 44.7 Å². The molecule has 1 N–H and O–H groups in total. The topological polar surface area (TPSA) is 75.9 Å². The fourth-order valence-electron chi connectivity index (χ4n) is 4.43. The number of amides is 1. The third kappa shape index (κ3) is 4.21. The fourth-order valence-corrected chi connectivity index (χ4v) is 4.43. The summed E-state index contributed by atoms with van der Waals surface area (Å²) in [6, 6.07) is 8.30. The van der Waals surface area contributed by atoms with E-state index in [1.54, 1.807) is 0 Å². The highest BCUT2D eigenvalue weighted by molar-refractivity contribution is 5.81. The molecule has 2 aliphatic rings. The molecule has 0 radical (unpaired) electrons. The summed E-state index contributed by atoms with van der Waals surface area (Å²) in [5.41, 5.74) is 3.36. The average Bonchev–Trinajstić information content (AvgIpc) is 3.57. The van der Waals surface area contributed by atoms with Gasteiger partial charge in [0.2, 0.25) is 5.91 Å². The first kappa shape index (κ1) is 19.2. The summed E-state index contributed by atoms with van der Waals surface area (Å²) in [5, 5.41) is 9.16. The lowest BCUT2D eigenvalue weighted by Gasteiger charge is -2.32. The molecule has 0 bridgehead atoms. The van der Waals surface area contributed by atoms with Crippen molar-refractivity contribution < 1.29 is 4.79 Å². The van der Waals surface area contributed by atoms with Crippen LogP contribution < -0.4 is 5.32 Å². The van der Waals surface area contributed by atoms with Crippen molar-refractivity contribution in [2.75, 3.05) is 19.6 Å². The first-order valence-electron chi connectivity index (χ1n) is 11.0. The molecule has 1 aliphatic heterocycles. The number of hydrogen-bond donors (Lipinski definition) is 1. The van der Waals surface area contributed by atoms with Crippen LogP contribution in [0.15, 0.2) is 42.9 Å². The molecular formula is C23H28N6O. The van der Waals surface area contributed by atoms with E-state index >= 15 is 0 Å². The maximum absolute atomic E-state index is 11.9. The van der Waals surface area contributed by atoms with Gasteiger partial charge in [-0.25, -0.2) is 9.67 Å². The van der Waals surface area contributed by atoms with Crippen LogP contribution in [-0.2, 0) is 17.9 Å². The van der Waals surface area contributed by atoms with Crippen LogP contribution in [0, 0.1) is 5.92 Å². The molecule has 1 saturated carbocycles. The van der Waals surface area contributed by atoms with Crippen LogP contribution in [0.25, 0.3) is 11.0 Å². The number of rotatable bonds is 7. The lowest BCUT2D eigenvalue weighted by Crippen LogP contribution is -2.34. The number of nitrogens with one attached hydrogen (secondary N) is 1. The molecule has 1 atom stereocenters. The normalized spacial score (nSPS) is 19.8. The van der Waals surface area contributed by atoms with Crippen molar-refractivity contribution in [3.05, 3.63) is 54.1 Å². The van der Waals surface area contributed by atoms with Gasteiger partial charge in [-0.1, -0.05) is 0 Å². The van der Waals surface area contributed by atoms with E-state index in [0.717, 1.165) is 55.6 Å². The maximum Gasteiger partial charge on any atom is 0.223 e. The molecule has 0 spiro atoms. The minimum Gasteiger partial charge on any atom is -0.354 e. The Morgan fingerprint density at radius 3 is 2.83 bits per heavy atom. The Bertz CT molecular complexity index is 1010. The summed E-state index contributed by atoms with van der Waals surface area (Å²) < 4.78 is 1.97. The van der Waals surface area contributed by atoms with Gasteiger partial charge in [0.05, 0.1) is 12.2 Å². The highest BCUT2D eigenvalue weighted by Gasteiger charge is 2.29. The van der Waals surface area contributed by atoms with Crippen LogP contribution in [-0.4, -0.2) is 50.2 Å². The highest BCUT2D eigenvalue weighted by atomic mass is 16.2. The monoisotopic (exact) mass is 404 g/mol. The average molecular weight is 405 g/mol. The third-order valence-electron chi connectivity index (χ3n) is 6.15. The minimum atomic E-state index is 0.179. The van der Waals surface area contributed by atoms with E-state index in [2.05, 4.69) is 38.4 Å². The summed E-state index contributed by atoms with van der Waals surface area (Å²) in [6.07, 6.45) is 9.91. The fraction of sp³-hybridized carbons (Fsp3) is 0.478. The van der Waals surface area contributed by atoms with Gasteiger partial charge in [0.15, 0.2) is 5.65 Å². The molecule has 3 aromatic heterocycles. The second-order valence-electron chi connectivity index (χ2n) is 8.48. The maximum atomic E-state index is 11.9. The van der Waals surface area contributed by atoms with Crippen LogP contribution in [0.1, 0.15) is 42.9 Å². The molecule has 7 heteroatoms. The number of carbonyl (C=O) groups is 1. The Morgan fingerprint density at radius 2 is 2.00 bits per heavy atom. The number of pyridine rings is 2. The molecule has 7 nitrogen and oxygen atoms in total. The van der Waals surface area contributed by atoms with E-state index in [4.69, 9.17) is 5.10 Å². The van der Waals surface area contributed by atoms with Crippen LogP contribution in [0.5, 0.6) is 0 Å². The number of piperidine rings is 1. The van der Waals surface area contributed by atoms with Crippen LogP contribution in [0.4, 0.5) is 0 Å². The van der Waals surface area contributed by atoms with Gasteiger partial charge < -0.3 is 5.32 Å². The zero-order valence-electron chi connectivity index (χ0n) is 17.2. The SMILES string of the molecule is O=C(NCCn1nc([C@@H]2CCCN(Cc3ccncc3)C2)c2cccnc21)C1CC1. The molecule has 2 fully saturated rings. The molecule has 156 valence electrons. The molecule has 0 aromatic carbocycles. The largest absolute Gasteiger partial charge is 0.354 e. The van der Waals surface area contributed by atoms with E-state index in [-0.39, 0.29) is 11.8 Å². The first-order valence-corrected chi connectivity index (χ1v) is 11.0. The lowest BCUT2D eigenvalue weighted by atomic mass is 9.93. The number of carbonyl (C=O) groups excluding carboxylic acids is 1.